The van der Waals surface area contributed by atoms with Gasteiger partial charge in [0.2, 0.25) is 0 Å². The standard InChI is InChI=1S/C20H34N4O2/c1-5-15(2)14-24-10-8-20(9-11-24)7-6-17(26-20)13-21-19(25)18-12-16(3)22-23(18)4/h12,15,17H,5-11,13-14H2,1-4H3,(H,21,25). The fraction of sp³-hybridized carbons (Fsp3) is 0.800. The van der Waals surface area contributed by atoms with Gasteiger partial charge < -0.3 is 15.0 Å². The molecule has 2 unspecified atom stereocenters. The monoisotopic (exact) mass is 362 g/mol. The summed E-state index contributed by atoms with van der Waals surface area (Å²) in [6.45, 7) is 10.6. The third kappa shape index (κ3) is 4.46. The third-order valence-corrected chi connectivity index (χ3v) is 6.10. The summed E-state index contributed by atoms with van der Waals surface area (Å²) in [5.74, 6) is 0.702. The minimum atomic E-state index is -0.0685. The van der Waals surface area contributed by atoms with Gasteiger partial charge in [0, 0.05) is 33.2 Å². The van der Waals surface area contributed by atoms with Gasteiger partial charge in [-0.3, -0.25) is 9.48 Å². The number of likely N-dealkylation sites (tertiary alicyclic amines) is 1. The zero-order chi connectivity index (χ0) is 18.7. The third-order valence-electron chi connectivity index (χ3n) is 6.10. The summed E-state index contributed by atoms with van der Waals surface area (Å²) in [5.41, 5.74) is 1.51. The van der Waals surface area contributed by atoms with Crippen LogP contribution in [0.5, 0.6) is 0 Å². The summed E-state index contributed by atoms with van der Waals surface area (Å²) in [6, 6.07) is 1.82. The first-order valence-corrected chi connectivity index (χ1v) is 10.1. The smallest absolute Gasteiger partial charge is 0.269 e. The number of hydrogen-bond acceptors (Lipinski definition) is 4. The first kappa shape index (κ1) is 19.4. The van der Waals surface area contributed by atoms with Crippen molar-refractivity contribution in [3.05, 3.63) is 17.5 Å². The zero-order valence-electron chi connectivity index (χ0n) is 16.8. The van der Waals surface area contributed by atoms with E-state index in [0.717, 1.165) is 50.4 Å². The van der Waals surface area contributed by atoms with E-state index < -0.39 is 0 Å². The molecule has 26 heavy (non-hydrogen) atoms. The Hall–Kier alpha value is -1.40. The van der Waals surface area contributed by atoms with E-state index in [4.69, 9.17) is 4.74 Å². The van der Waals surface area contributed by atoms with E-state index in [1.807, 2.05) is 13.0 Å². The van der Waals surface area contributed by atoms with E-state index in [2.05, 4.69) is 29.2 Å². The molecule has 1 aromatic rings. The molecule has 1 aromatic heterocycles. The molecule has 1 amide bonds. The zero-order valence-corrected chi connectivity index (χ0v) is 16.8. The Morgan fingerprint density at radius 2 is 2.15 bits per heavy atom. The van der Waals surface area contributed by atoms with Crippen LogP contribution in [-0.4, -0.2) is 58.5 Å². The van der Waals surface area contributed by atoms with Gasteiger partial charge in [-0.15, -0.1) is 0 Å². The number of nitrogens with one attached hydrogen (secondary N) is 1. The number of piperidine rings is 1. The molecule has 0 radical (unpaired) electrons. The second kappa shape index (κ2) is 8.09. The van der Waals surface area contributed by atoms with Crippen molar-refractivity contribution in [1.29, 1.82) is 0 Å². The van der Waals surface area contributed by atoms with E-state index in [-0.39, 0.29) is 17.6 Å². The van der Waals surface area contributed by atoms with E-state index in [1.165, 1.54) is 13.0 Å². The van der Waals surface area contributed by atoms with E-state index in [9.17, 15) is 4.79 Å². The van der Waals surface area contributed by atoms with Crippen molar-refractivity contribution in [2.24, 2.45) is 13.0 Å². The quantitative estimate of drug-likeness (QED) is 0.845. The van der Waals surface area contributed by atoms with Gasteiger partial charge in [0.25, 0.3) is 5.91 Å². The van der Waals surface area contributed by atoms with Gasteiger partial charge in [0.15, 0.2) is 0 Å². The Morgan fingerprint density at radius 1 is 1.42 bits per heavy atom. The Morgan fingerprint density at radius 3 is 2.77 bits per heavy atom. The van der Waals surface area contributed by atoms with Crippen LogP contribution in [0.1, 0.15) is 62.1 Å². The molecule has 2 aliphatic heterocycles. The molecule has 146 valence electrons. The highest BCUT2D eigenvalue weighted by atomic mass is 16.5. The van der Waals surface area contributed by atoms with Crippen LogP contribution < -0.4 is 5.32 Å². The number of carbonyl (C=O) groups excluding carboxylic acids is 1. The number of aryl methyl sites for hydroxylation is 2. The molecule has 3 heterocycles. The summed E-state index contributed by atoms with van der Waals surface area (Å²) in [4.78, 5) is 14.9. The molecule has 0 aromatic carbocycles. The Bertz CT molecular complexity index is 619. The van der Waals surface area contributed by atoms with Crippen LogP contribution in [0, 0.1) is 12.8 Å². The molecular weight excluding hydrogens is 328 g/mol. The number of aromatic nitrogens is 2. The molecule has 0 aliphatic carbocycles. The van der Waals surface area contributed by atoms with Crippen LogP contribution in [-0.2, 0) is 11.8 Å². The summed E-state index contributed by atoms with van der Waals surface area (Å²) >= 11 is 0. The van der Waals surface area contributed by atoms with Crippen molar-refractivity contribution in [3.63, 3.8) is 0 Å². The Balaban J connectivity index is 1.44. The van der Waals surface area contributed by atoms with Gasteiger partial charge in [-0.25, -0.2) is 0 Å². The lowest BCUT2D eigenvalue weighted by Crippen LogP contribution is -2.46. The van der Waals surface area contributed by atoms with Crippen LogP contribution in [0.3, 0.4) is 0 Å². The number of rotatable bonds is 6. The average Bonchev–Trinajstić information content (AvgIpc) is 3.18. The fourth-order valence-electron chi connectivity index (χ4n) is 4.24. The highest BCUT2D eigenvalue weighted by molar-refractivity contribution is 5.92. The summed E-state index contributed by atoms with van der Waals surface area (Å²) in [5, 5.41) is 7.26. The van der Waals surface area contributed by atoms with Gasteiger partial charge in [0.05, 0.1) is 17.4 Å². The Labute approximate surface area is 157 Å². The minimum absolute atomic E-state index is 0.0461. The molecule has 0 bridgehead atoms. The van der Waals surface area contributed by atoms with E-state index in [0.29, 0.717) is 12.2 Å². The van der Waals surface area contributed by atoms with Crippen molar-refractivity contribution in [2.75, 3.05) is 26.2 Å². The molecular formula is C20H34N4O2. The summed E-state index contributed by atoms with van der Waals surface area (Å²) in [7, 11) is 1.80. The average molecular weight is 363 g/mol. The normalized spacial score (nSPS) is 24.1. The molecule has 1 spiro atoms. The number of hydrogen-bond donors (Lipinski definition) is 1. The lowest BCUT2D eigenvalue weighted by atomic mass is 9.88. The maximum atomic E-state index is 12.3. The predicted octanol–water partition coefficient (Wildman–Crippen LogP) is 2.52. The molecule has 0 saturated carbocycles. The summed E-state index contributed by atoms with van der Waals surface area (Å²) in [6.07, 6.45) is 5.78. The number of nitrogens with zero attached hydrogens (tertiary/aromatic N) is 3. The lowest BCUT2D eigenvalue weighted by Gasteiger charge is -2.40. The number of carbonyl (C=O) groups is 1. The second-order valence-electron chi connectivity index (χ2n) is 8.28. The topological polar surface area (TPSA) is 59.4 Å². The van der Waals surface area contributed by atoms with Gasteiger partial charge >= 0.3 is 0 Å². The van der Waals surface area contributed by atoms with Gasteiger partial charge in [-0.2, -0.15) is 5.10 Å². The van der Waals surface area contributed by atoms with Gasteiger partial charge in [-0.1, -0.05) is 20.3 Å². The highest BCUT2D eigenvalue weighted by Gasteiger charge is 2.42. The SMILES string of the molecule is CCC(C)CN1CCC2(CCC(CNC(=O)c3cc(C)nn3C)O2)CC1. The van der Waals surface area contributed by atoms with Crippen molar-refractivity contribution >= 4 is 5.91 Å². The van der Waals surface area contributed by atoms with Gasteiger partial charge in [0.1, 0.15) is 5.69 Å². The van der Waals surface area contributed by atoms with E-state index >= 15 is 0 Å². The second-order valence-corrected chi connectivity index (χ2v) is 8.28. The van der Waals surface area contributed by atoms with E-state index in [1.54, 1.807) is 11.7 Å². The maximum Gasteiger partial charge on any atom is 0.269 e. The van der Waals surface area contributed by atoms with Crippen LogP contribution in [0.25, 0.3) is 0 Å². The van der Waals surface area contributed by atoms with Gasteiger partial charge in [-0.05, 0) is 44.6 Å². The maximum absolute atomic E-state index is 12.3. The first-order chi connectivity index (χ1) is 12.4. The number of ether oxygens (including phenoxy) is 1. The van der Waals surface area contributed by atoms with Crippen LogP contribution >= 0.6 is 0 Å². The highest BCUT2D eigenvalue weighted by Crippen LogP contribution is 2.38. The van der Waals surface area contributed by atoms with Crippen molar-refractivity contribution < 1.29 is 9.53 Å². The van der Waals surface area contributed by atoms with Crippen molar-refractivity contribution in [3.8, 4) is 0 Å². The van der Waals surface area contributed by atoms with Crippen LogP contribution in [0.15, 0.2) is 6.07 Å². The molecule has 2 saturated heterocycles. The summed E-state index contributed by atoms with van der Waals surface area (Å²) < 4.78 is 8.06. The molecule has 1 N–H and O–H groups in total. The molecule has 2 atom stereocenters. The molecule has 2 aliphatic rings. The predicted molar refractivity (Wildman–Crippen MR) is 102 cm³/mol. The molecule has 3 rings (SSSR count). The Kier molecular flexibility index (Phi) is 6.03. The fourth-order valence-corrected chi connectivity index (χ4v) is 4.24. The lowest BCUT2D eigenvalue weighted by molar-refractivity contribution is -0.0766. The first-order valence-electron chi connectivity index (χ1n) is 10.1. The largest absolute Gasteiger partial charge is 0.370 e. The molecule has 6 nitrogen and oxygen atoms in total. The van der Waals surface area contributed by atoms with Crippen LogP contribution in [0.4, 0.5) is 0 Å². The van der Waals surface area contributed by atoms with Crippen LogP contribution in [0.2, 0.25) is 0 Å². The number of amides is 1. The molecule has 2 fully saturated rings. The minimum Gasteiger partial charge on any atom is -0.370 e. The van der Waals surface area contributed by atoms with Crippen molar-refractivity contribution in [2.45, 2.75) is 64.6 Å². The molecule has 6 heteroatoms. The van der Waals surface area contributed by atoms with Crippen molar-refractivity contribution in [1.82, 2.24) is 20.0 Å².